The molecule has 0 spiro atoms. The number of aryl methyl sites for hydroxylation is 1. The van der Waals surface area contributed by atoms with Crippen molar-refractivity contribution >= 4 is 16.9 Å². The van der Waals surface area contributed by atoms with Gasteiger partial charge < -0.3 is 5.32 Å². The van der Waals surface area contributed by atoms with Gasteiger partial charge in [0.15, 0.2) is 5.82 Å². The summed E-state index contributed by atoms with van der Waals surface area (Å²) in [6.07, 6.45) is 0. The lowest BCUT2D eigenvalue weighted by molar-refractivity contribution is 0.925. The normalized spacial score (nSPS) is 10.9. The number of rotatable bonds is 2. The standard InChI is InChI=1S/C14H15N5/c1-9-8-11(10-6-4-5-7-12(10)16-9)13-17-18-14(15-2)19(13)3/h4-8H,1-3H3,(H,15,18). The lowest BCUT2D eigenvalue weighted by Crippen LogP contribution is -2.00. The molecule has 0 aliphatic carbocycles. The van der Waals surface area contributed by atoms with Crippen molar-refractivity contribution in [3.05, 3.63) is 36.0 Å². The van der Waals surface area contributed by atoms with Crippen molar-refractivity contribution in [1.82, 2.24) is 19.7 Å². The van der Waals surface area contributed by atoms with Crippen LogP contribution in [0.3, 0.4) is 0 Å². The molecule has 0 atom stereocenters. The van der Waals surface area contributed by atoms with Crippen LogP contribution in [0.1, 0.15) is 5.69 Å². The highest BCUT2D eigenvalue weighted by atomic mass is 15.3. The first kappa shape index (κ1) is 11.6. The summed E-state index contributed by atoms with van der Waals surface area (Å²) in [4.78, 5) is 4.55. The van der Waals surface area contributed by atoms with Gasteiger partial charge in [-0.1, -0.05) is 18.2 Å². The highest BCUT2D eigenvalue weighted by molar-refractivity contribution is 5.93. The van der Waals surface area contributed by atoms with Crippen LogP contribution in [0.5, 0.6) is 0 Å². The number of nitrogens with zero attached hydrogens (tertiary/aromatic N) is 4. The van der Waals surface area contributed by atoms with E-state index < -0.39 is 0 Å². The Morgan fingerprint density at radius 3 is 2.68 bits per heavy atom. The van der Waals surface area contributed by atoms with E-state index in [0.29, 0.717) is 0 Å². The van der Waals surface area contributed by atoms with Crippen LogP contribution in [0.4, 0.5) is 5.95 Å². The van der Waals surface area contributed by atoms with Crippen molar-refractivity contribution < 1.29 is 0 Å². The molecule has 0 aliphatic rings. The molecule has 1 aromatic carbocycles. The van der Waals surface area contributed by atoms with Crippen LogP contribution >= 0.6 is 0 Å². The lowest BCUT2D eigenvalue weighted by atomic mass is 10.1. The van der Waals surface area contributed by atoms with Gasteiger partial charge in [0.1, 0.15) is 0 Å². The van der Waals surface area contributed by atoms with Gasteiger partial charge in [0.2, 0.25) is 5.95 Å². The minimum Gasteiger partial charge on any atom is -0.357 e. The fourth-order valence-corrected chi connectivity index (χ4v) is 2.27. The molecule has 5 nitrogen and oxygen atoms in total. The maximum absolute atomic E-state index is 4.55. The van der Waals surface area contributed by atoms with Crippen LogP contribution < -0.4 is 5.32 Å². The molecular formula is C14H15N5. The van der Waals surface area contributed by atoms with Crippen LogP contribution in [-0.2, 0) is 7.05 Å². The predicted octanol–water partition coefficient (Wildman–Crippen LogP) is 2.38. The Hall–Kier alpha value is -2.43. The second kappa shape index (κ2) is 4.35. The molecule has 19 heavy (non-hydrogen) atoms. The summed E-state index contributed by atoms with van der Waals surface area (Å²) in [5, 5.41) is 12.5. The molecule has 96 valence electrons. The molecule has 0 bridgehead atoms. The number of pyridine rings is 1. The molecule has 3 rings (SSSR count). The van der Waals surface area contributed by atoms with Crippen molar-refractivity contribution in [1.29, 1.82) is 0 Å². The zero-order valence-electron chi connectivity index (χ0n) is 11.2. The van der Waals surface area contributed by atoms with Gasteiger partial charge in [0.05, 0.1) is 5.52 Å². The van der Waals surface area contributed by atoms with Gasteiger partial charge in [-0.3, -0.25) is 9.55 Å². The van der Waals surface area contributed by atoms with Gasteiger partial charge >= 0.3 is 0 Å². The highest BCUT2D eigenvalue weighted by Crippen LogP contribution is 2.27. The third-order valence-electron chi connectivity index (χ3n) is 3.18. The number of anilines is 1. The Kier molecular flexibility index (Phi) is 2.67. The van der Waals surface area contributed by atoms with Crippen molar-refractivity contribution in [3.63, 3.8) is 0 Å². The minimum absolute atomic E-state index is 0.744. The average Bonchev–Trinajstić information content (AvgIpc) is 2.78. The van der Waals surface area contributed by atoms with E-state index in [1.54, 1.807) is 0 Å². The molecule has 0 fully saturated rings. The molecule has 2 aromatic heterocycles. The highest BCUT2D eigenvalue weighted by Gasteiger charge is 2.13. The first-order valence-electron chi connectivity index (χ1n) is 6.14. The van der Waals surface area contributed by atoms with Crippen LogP contribution in [-0.4, -0.2) is 26.8 Å². The van der Waals surface area contributed by atoms with Crippen molar-refractivity contribution in [2.45, 2.75) is 6.92 Å². The maximum Gasteiger partial charge on any atom is 0.224 e. The van der Waals surface area contributed by atoms with Gasteiger partial charge in [-0.2, -0.15) is 0 Å². The number of benzene rings is 1. The van der Waals surface area contributed by atoms with E-state index in [0.717, 1.165) is 33.9 Å². The van der Waals surface area contributed by atoms with E-state index in [1.807, 2.05) is 49.9 Å². The van der Waals surface area contributed by atoms with Gasteiger partial charge in [-0.25, -0.2) is 0 Å². The molecular weight excluding hydrogens is 238 g/mol. The summed E-state index contributed by atoms with van der Waals surface area (Å²) in [5.41, 5.74) is 3.01. The van der Waals surface area contributed by atoms with E-state index in [2.05, 4.69) is 26.6 Å². The van der Waals surface area contributed by atoms with Crippen molar-refractivity contribution in [3.8, 4) is 11.4 Å². The van der Waals surface area contributed by atoms with Crippen LogP contribution in [0.15, 0.2) is 30.3 Å². The molecule has 1 N–H and O–H groups in total. The molecule has 3 aromatic rings. The van der Waals surface area contributed by atoms with E-state index in [1.165, 1.54) is 0 Å². The number of nitrogens with one attached hydrogen (secondary N) is 1. The Bertz CT molecular complexity index is 745. The molecule has 0 saturated carbocycles. The van der Waals surface area contributed by atoms with Gasteiger partial charge in [0, 0.05) is 30.7 Å². The zero-order chi connectivity index (χ0) is 13.4. The largest absolute Gasteiger partial charge is 0.357 e. The van der Waals surface area contributed by atoms with Crippen molar-refractivity contribution in [2.75, 3.05) is 12.4 Å². The SMILES string of the molecule is CNc1nnc(-c2cc(C)nc3ccccc23)n1C. The summed E-state index contributed by atoms with van der Waals surface area (Å²) in [7, 11) is 3.79. The number of hydrogen-bond acceptors (Lipinski definition) is 4. The summed E-state index contributed by atoms with van der Waals surface area (Å²) in [6.45, 7) is 1.99. The summed E-state index contributed by atoms with van der Waals surface area (Å²) >= 11 is 0. The van der Waals surface area contributed by atoms with E-state index in [-0.39, 0.29) is 0 Å². The molecule has 0 aliphatic heterocycles. The number of para-hydroxylation sites is 1. The molecule has 0 unspecified atom stereocenters. The monoisotopic (exact) mass is 253 g/mol. The Morgan fingerprint density at radius 1 is 1.16 bits per heavy atom. The summed E-state index contributed by atoms with van der Waals surface area (Å²) in [5.74, 6) is 1.58. The predicted molar refractivity (Wildman–Crippen MR) is 76.0 cm³/mol. The average molecular weight is 253 g/mol. The van der Waals surface area contributed by atoms with E-state index in [9.17, 15) is 0 Å². The van der Waals surface area contributed by atoms with Crippen LogP contribution in [0.2, 0.25) is 0 Å². The Balaban J connectivity index is 2.32. The van der Waals surface area contributed by atoms with Crippen LogP contribution in [0, 0.1) is 6.92 Å². The Morgan fingerprint density at radius 2 is 1.95 bits per heavy atom. The van der Waals surface area contributed by atoms with E-state index >= 15 is 0 Å². The second-order valence-corrected chi connectivity index (χ2v) is 4.48. The molecule has 0 radical (unpaired) electrons. The molecule has 0 amide bonds. The van der Waals surface area contributed by atoms with E-state index in [4.69, 9.17) is 0 Å². The first-order chi connectivity index (χ1) is 9.20. The second-order valence-electron chi connectivity index (χ2n) is 4.48. The minimum atomic E-state index is 0.744. The Labute approximate surface area is 111 Å². The zero-order valence-corrected chi connectivity index (χ0v) is 11.2. The van der Waals surface area contributed by atoms with Gasteiger partial charge in [-0.15, -0.1) is 10.2 Å². The molecule has 2 heterocycles. The third kappa shape index (κ3) is 1.83. The van der Waals surface area contributed by atoms with Crippen molar-refractivity contribution in [2.24, 2.45) is 7.05 Å². The first-order valence-corrected chi connectivity index (χ1v) is 6.14. The smallest absolute Gasteiger partial charge is 0.224 e. The van der Waals surface area contributed by atoms with Gasteiger partial charge in [0.25, 0.3) is 0 Å². The lowest BCUT2D eigenvalue weighted by Gasteiger charge is -2.08. The number of hydrogen-bond donors (Lipinski definition) is 1. The van der Waals surface area contributed by atoms with Crippen LogP contribution in [0.25, 0.3) is 22.3 Å². The summed E-state index contributed by atoms with van der Waals surface area (Å²) < 4.78 is 1.95. The molecule has 5 heteroatoms. The maximum atomic E-state index is 4.55. The third-order valence-corrected chi connectivity index (χ3v) is 3.18. The topological polar surface area (TPSA) is 55.6 Å². The summed E-state index contributed by atoms with van der Waals surface area (Å²) in [6, 6.07) is 10.1. The quantitative estimate of drug-likeness (QED) is 0.762. The fourth-order valence-electron chi connectivity index (χ4n) is 2.27. The molecule has 0 saturated heterocycles. The fraction of sp³-hybridized carbons (Fsp3) is 0.214. The number of aromatic nitrogens is 4. The van der Waals surface area contributed by atoms with Gasteiger partial charge in [-0.05, 0) is 19.1 Å². The number of fused-ring (bicyclic) bond motifs is 1.